The monoisotopic (exact) mass is 360 g/mol. The molecular formula is C16H29BrN2O2. The summed E-state index contributed by atoms with van der Waals surface area (Å²) in [7, 11) is 0. The van der Waals surface area contributed by atoms with Crippen LogP contribution in [-0.4, -0.2) is 41.0 Å². The van der Waals surface area contributed by atoms with Gasteiger partial charge in [0.25, 0.3) is 0 Å². The molecule has 1 aliphatic carbocycles. The van der Waals surface area contributed by atoms with Crippen LogP contribution in [0.4, 0.5) is 0 Å². The Labute approximate surface area is 136 Å². The van der Waals surface area contributed by atoms with E-state index in [-0.39, 0.29) is 34.7 Å². The third-order valence-corrected chi connectivity index (χ3v) is 5.69. The number of ether oxygens (including phenoxy) is 1. The molecule has 0 bridgehead atoms. The second kappa shape index (κ2) is 6.28. The number of alkyl halides is 1. The number of halogens is 1. The second-order valence-corrected chi connectivity index (χ2v) is 8.83. The highest BCUT2D eigenvalue weighted by atomic mass is 79.9. The lowest BCUT2D eigenvalue weighted by molar-refractivity contribution is 0.0485. The summed E-state index contributed by atoms with van der Waals surface area (Å²) in [5.41, 5.74) is 7.36. The zero-order valence-corrected chi connectivity index (χ0v) is 15.1. The summed E-state index contributed by atoms with van der Waals surface area (Å²) in [6.07, 6.45) is 4.35. The zero-order valence-electron chi connectivity index (χ0n) is 13.5. The number of aliphatic hydroxyl groups excluding tert-OH is 1. The van der Waals surface area contributed by atoms with Gasteiger partial charge in [0, 0.05) is 34.3 Å². The van der Waals surface area contributed by atoms with Gasteiger partial charge in [0.15, 0.2) is 0 Å². The topological polar surface area (TPSA) is 67.5 Å². The van der Waals surface area contributed by atoms with Gasteiger partial charge in [-0.25, -0.2) is 0 Å². The molecule has 0 amide bonds. The number of hydrogen-bond acceptors (Lipinski definition) is 4. The molecular weight excluding hydrogens is 332 g/mol. The van der Waals surface area contributed by atoms with Crippen LogP contribution in [0.5, 0.6) is 0 Å². The Morgan fingerprint density at radius 2 is 2.24 bits per heavy atom. The summed E-state index contributed by atoms with van der Waals surface area (Å²) in [6, 6.07) is -0.0996. The van der Waals surface area contributed by atoms with Crippen molar-refractivity contribution in [2.24, 2.45) is 17.1 Å². The number of aliphatic hydroxyl groups is 1. The number of rotatable bonds is 4. The summed E-state index contributed by atoms with van der Waals surface area (Å²) in [5.74, 6) is 0.417. The number of allylic oxidation sites excluding steroid dienone is 1. The van der Waals surface area contributed by atoms with Gasteiger partial charge in [0.05, 0.1) is 6.61 Å². The maximum Gasteiger partial charge on any atom is 0.112 e. The van der Waals surface area contributed by atoms with E-state index in [0.29, 0.717) is 5.92 Å². The fraction of sp³-hybridized carbons (Fsp3) is 0.875. The second-order valence-electron chi connectivity index (χ2n) is 7.77. The highest BCUT2D eigenvalue weighted by Gasteiger charge is 2.40. The first-order chi connectivity index (χ1) is 9.66. The van der Waals surface area contributed by atoms with E-state index in [0.717, 1.165) is 19.4 Å². The molecule has 4 N–H and O–H groups in total. The van der Waals surface area contributed by atoms with E-state index in [4.69, 9.17) is 10.5 Å². The Bertz CT molecular complexity index is 409. The first-order valence-electron chi connectivity index (χ1n) is 7.77. The quantitative estimate of drug-likeness (QED) is 0.530. The predicted molar refractivity (Wildman–Crippen MR) is 89.3 cm³/mol. The minimum atomic E-state index is -0.282. The lowest BCUT2D eigenvalue weighted by atomic mass is 9.76. The fourth-order valence-corrected chi connectivity index (χ4v) is 3.96. The molecule has 4 nitrogen and oxygen atoms in total. The molecule has 0 aromatic heterocycles. The molecule has 1 heterocycles. The minimum Gasteiger partial charge on any atom is -0.396 e. The molecule has 0 aromatic carbocycles. The van der Waals surface area contributed by atoms with E-state index < -0.39 is 0 Å². The van der Waals surface area contributed by atoms with Crippen molar-refractivity contribution in [2.45, 2.75) is 63.2 Å². The molecule has 2 aliphatic rings. The van der Waals surface area contributed by atoms with Crippen LogP contribution in [0.1, 0.15) is 40.5 Å². The van der Waals surface area contributed by atoms with E-state index in [1.807, 2.05) is 13.8 Å². The van der Waals surface area contributed by atoms with Gasteiger partial charge >= 0.3 is 0 Å². The summed E-state index contributed by atoms with van der Waals surface area (Å²) in [6.45, 7) is 9.21. The van der Waals surface area contributed by atoms with Crippen LogP contribution in [-0.2, 0) is 4.74 Å². The molecule has 0 saturated carbocycles. The van der Waals surface area contributed by atoms with Crippen molar-refractivity contribution in [1.82, 2.24) is 5.32 Å². The SMILES string of the molecule is CC1(C)COC([C@@H]2CCC([C@@H](N)C(C)(C)CO)=C[C@@H]2Br)N1. The summed E-state index contributed by atoms with van der Waals surface area (Å²) in [4.78, 5) is 0.258. The molecule has 0 aromatic rings. The molecule has 4 atom stereocenters. The zero-order chi connectivity index (χ0) is 15.8. The lowest BCUT2D eigenvalue weighted by Gasteiger charge is -2.37. The average molecular weight is 361 g/mol. The van der Waals surface area contributed by atoms with Crippen LogP contribution < -0.4 is 11.1 Å². The Balaban J connectivity index is 2.04. The van der Waals surface area contributed by atoms with Gasteiger partial charge in [-0.3, -0.25) is 5.32 Å². The fourth-order valence-electron chi connectivity index (χ4n) is 3.08. The Hall–Kier alpha value is 0.0600. The lowest BCUT2D eigenvalue weighted by Crippen LogP contribution is -2.46. The predicted octanol–water partition coefficient (Wildman–Crippen LogP) is 2.16. The van der Waals surface area contributed by atoms with Crippen molar-refractivity contribution in [3.63, 3.8) is 0 Å². The molecule has 1 saturated heterocycles. The largest absolute Gasteiger partial charge is 0.396 e. The molecule has 1 unspecified atom stereocenters. The van der Waals surface area contributed by atoms with Gasteiger partial charge in [-0.05, 0) is 26.7 Å². The number of nitrogens with two attached hydrogens (primary N) is 1. The van der Waals surface area contributed by atoms with Crippen LogP contribution in [0.2, 0.25) is 0 Å². The van der Waals surface area contributed by atoms with E-state index in [9.17, 15) is 5.11 Å². The molecule has 5 heteroatoms. The number of nitrogens with one attached hydrogen (secondary N) is 1. The molecule has 2 rings (SSSR count). The molecule has 0 radical (unpaired) electrons. The van der Waals surface area contributed by atoms with E-state index in [2.05, 4.69) is 41.2 Å². The highest BCUT2D eigenvalue weighted by Crippen LogP contribution is 2.37. The van der Waals surface area contributed by atoms with E-state index >= 15 is 0 Å². The Kier molecular flexibility index (Phi) is 5.21. The van der Waals surface area contributed by atoms with Crippen molar-refractivity contribution >= 4 is 15.9 Å². The van der Waals surface area contributed by atoms with Crippen molar-refractivity contribution in [3.8, 4) is 0 Å². The summed E-state index contributed by atoms with van der Waals surface area (Å²) < 4.78 is 5.92. The van der Waals surface area contributed by atoms with Gasteiger partial charge in [-0.1, -0.05) is 41.4 Å². The van der Waals surface area contributed by atoms with Crippen LogP contribution in [0.3, 0.4) is 0 Å². The smallest absolute Gasteiger partial charge is 0.112 e. The van der Waals surface area contributed by atoms with Crippen LogP contribution in [0, 0.1) is 11.3 Å². The third kappa shape index (κ3) is 3.88. The average Bonchev–Trinajstić information content (AvgIpc) is 2.77. The first-order valence-corrected chi connectivity index (χ1v) is 8.68. The van der Waals surface area contributed by atoms with Crippen molar-refractivity contribution in [2.75, 3.05) is 13.2 Å². The van der Waals surface area contributed by atoms with Gasteiger partial charge in [-0.15, -0.1) is 0 Å². The maximum atomic E-state index is 9.49. The Morgan fingerprint density at radius 1 is 1.57 bits per heavy atom. The Morgan fingerprint density at radius 3 is 2.71 bits per heavy atom. The van der Waals surface area contributed by atoms with Crippen molar-refractivity contribution in [3.05, 3.63) is 11.6 Å². The van der Waals surface area contributed by atoms with Crippen LogP contribution in [0.15, 0.2) is 11.6 Å². The van der Waals surface area contributed by atoms with Gasteiger partial charge in [-0.2, -0.15) is 0 Å². The van der Waals surface area contributed by atoms with Crippen molar-refractivity contribution < 1.29 is 9.84 Å². The van der Waals surface area contributed by atoms with E-state index in [1.165, 1.54) is 5.57 Å². The highest BCUT2D eigenvalue weighted by molar-refractivity contribution is 9.09. The third-order valence-electron chi connectivity index (χ3n) is 4.74. The standard InChI is InChI=1S/C16H29BrN2O2/c1-15(2,8-20)13(18)10-5-6-11(12(17)7-10)14-19-16(3,4)9-21-14/h7,11-14,19-20H,5-6,8-9,18H2,1-4H3/t11-,12+,13-,14?/m1/s1. The molecule has 1 fully saturated rings. The minimum absolute atomic E-state index is 0.0522. The van der Waals surface area contributed by atoms with Crippen LogP contribution in [0.25, 0.3) is 0 Å². The molecule has 21 heavy (non-hydrogen) atoms. The maximum absolute atomic E-state index is 9.49. The van der Waals surface area contributed by atoms with Gasteiger partial charge in [0.1, 0.15) is 6.23 Å². The molecule has 0 spiro atoms. The molecule has 122 valence electrons. The summed E-state index contributed by atoms with van der Waals surface area (Å²) in [5, 5.41) is 13.1. The normalized spacial score (nSPS) is 34.6. The first kappa shape index (κ1) is 17.4. The molecule has 1 aliphatic heterocycles. The van der Waals surface area contributed by atoms with Gasteiger partial charge in [0.2, 0.25) is 0 Å². The number of hydrogen-bond donors (Lipinski definition) is 3. The summed E-state index contributed by atoms with van der Waals surface area (Å²) >= 11 is 3.79. The van der Waals surface area contributed by atoms with Gasteiger partial charge < -0.3 is 15.6 Å². The van der Waals surface area contributed by atoms with Crippen LogP contribution >= 0.6 is 15.9 Å². The van der Waals surface area contributed by atoms with Crippen molar-refractivity contribution in [1.29, 1.82) is 0 Å². The van der Waals surface area contributed by atoms with E-state index in [1.54, 1.807) is 0 Å².